The van der Waals surface area contributed by atoms with Gasteiger partial charge < -0.3 is 5.32 Å². The van der Waals surface area contributed by atoms with Crippen molar-refractivity contribution in [2.75, 3.05) is 19.6 Å². The Labute approximate surface area is 147 Å². The fourth-order valence-corrected chi connectivity index (χ4v) is 7.77. The van der Waals surface area contributed by atoms with Gasteiger partial charge in [-0.2, -0.15) is 4.31 Å². The van der Waals surface area contributed by atoms with Crippen LogP contribution in [-0.4, -0.2) is 38.4 Å². The van der Waals surface area contributed by atoms with Gasteiger partial charge in [-0.1, -0.05) is 13.8 Å². The van der Waals surface area contributed by atoms with Gasteiger partial charge in [-0.05, 0) is 63.2 Å². The molecule has 0 saturated carbocycles. The summed E-state index contributed by atoms with van der Waals surface area (Å²) >= 11 is 8.09. The molecule has 1 aliphatic rings. The van der Waals surface area contributed by atoms with Gasteiger partial charge in [0.1, 0.15) is 4.90 Å². The van der Waals surface area contributed by atoms with Crippen molar-refractivity contribution in [1.82, 2.24) is 9.62 Å². The predicted octanol–water partition coefficient (Wildman–Crippen LogP) is 3.67. The van der Waals surface area contributed by atoms with E-state index in [2.05, 4.69) is 51.0 Å². The van der Waals surface area contributed by atoms with Crippen LogP contribution in [0, 0.1) is 5.92 Å². The van der Waals surface area contributed by atoms with Crippen molar-refractivity contribution in [1.29, 1.82) is 0 Å². The fraction of sp³-hybridized carbons (Fsp3) is 0.692. The lowest BCUT2D eigenvalue weighted by atomic mass is 9.99. The number of sulfonamides is 1. The third-order valence-corrected chi connectivity index (χ3v) is 8.16. The second kappa shape index (κ2) is 7.40. The van der Waals surface area contributed by atoms with Crippen molar-refractivity contribution in [2.24, 2.45) is 5.92 Å². The zero-order chi connectivity index (χ0) is 15.6. The normalized spacial score (nSPS) is 21.1. The minimum atomic E-state index is -3.40. The van der Waals surface area contributed by atoms with E-state index in [1.807, 2.05) is 0 Å². The van der Waals surface area contributed by atoms with Crippen molar-refractivity contribution in [2.45, 2.75) is 37.6 Å². The number of halogens is 2. The Morgan fingerprint density at radius 3 is 2.76 bits per heavy atom. The molecular weight excluding hydrogens is 440 g/mol. The molecule has 2 heterocycles. The lowest BCUT2D eigenvalue weighted by Crippen LogP contribution is -2.43. The van der Waals surface area contributed by atoms with Crippen LogP contribution in [0.2, 0.25) is 0 Å². The van der Waals surface area contributed by atoms with E-state index in [4.69, 9.17) is 0 Å². The van der Waals surface area contributed by atoms with E-state index in [0.29, 0.717) is 33.7 Å². The van der Waals surface area contributed by atoms with Crippen LogP contribution in [0.15, 0.2) is 18.5 Å². The number of thiophene rings is 1. The summed E-state index contributed by atoms with van der Waals surface area (Å²) in [6, 6.07) is 2.11. The highest BCUT2D eigenvalue weighted by Crippen LogP contribution is 2.37. The summed E-state index contributed by atoms with van der Waals surface area (Å²) in [6.45, 7) is 6.30. The van der Waals surface area contributed by atoms with E-state index in [0.717, 1.165) is 23.2 Å². The van der Waals surface area contributed by atoms with Crippen molar-refractivity contribution in [3.8, 4) is 0 Å². The standard InChI is InChI=1S/C13H20Br2N2O2S2/c1-9(2)16-7-10-4-3-5-17(8-10)21(18,19)11-6-12(14)20-13(11)15/h6,9-10,16H,3-5,7-8H2,1-2H3. The Hall–Kier alpha value is 0.530. The highest BCUT2D eigenvalue weighted by atomic mass is 79.9. The summed E-state index contributed by atoms with van der Waals surface area (Å²) in [5.74, 6) is 0.386. The first-order chi connectivity index (χ1) is 9.80. The SMILES string of the molecule is CC(C)NCC1CCCN(S(=O)(=O)c2cc(Br)sc2Br)C1. The van der Waals surface area contributed by atoms with Crippen molar-refractivity contribution >= 4 is 53.2 Å². The first kappa shape index (κ1) is 17.9. The molecule has 8 heteroatoms. The van der Waals surface area contributed by atoms with E-state index in [1.165, 1.54) is 11.3 Å². The molecule has 2 rings (SSSR count). The maximum Gasteiger partial charge on any atom is 0.245 e. The highest BCUT2D eigenvalue weighted by Gasteiger charge is 2.32. The summed E-state index contributed by atoms with van der Waals surface area (Å²) in [6.07, 6.45) is 2.01. The van der Waals surface area contributed by atoms with Crippen LogP contribution in [0.4, 0.5) is 0 Å². The zero-order valence-corrected chi connectivity index (χ0v) is 16.9. The summed E-state index contributed by atoms with van der Waals surface area (Å²) in [5.41, 5.74) is 0. The van der Waals surface area contributed by atoms with Gasteiger partial charge >= 0.3 is 0 Å². The van der Waals surface area contributed by atoms with Crippen molar-refractivity contribution < 1.29 is 8.42 Å². The number of hydrogen-bond donors (Lipinski definition) is 1. The van der Waals surface area contributed by atoms with Gasteiger partial charge in [-0.15, -0.1) is 11.3 Å². The maximum absolute atomic E-state index is 12.8. The number of nitrogens with zero attached hydrogens (tertiary/aromatic N) is 1. The molecule has 1 aliphatic heterocycles. The van der Waals surface area contributed by atoms with Crippen LogP contribution in [0.25, 0.3) is 0 Å². The summed E-state index contributed by atoms with van der Waals surface area (Å²) in [7, 11) is -3.40. The third kappa shape index (κ3) is 4.51. The van der Waals surface area contributed by atoms with Crippen LogP contribution < -0.4 is 5.32 Å². The molecule has 21 heavy (non-hydrogen) atoms. The molecule has 1 atom stereocenters. The molecule has 4 nitrogen and oxygen atoms in total. The number of piperidine rings is 1. The molecular formula is C13H20Br2N2O2S2. The highest BCUT2D eigenvalue weighted by molar-refractivity contribution is 9.12. The Kier molecular flexibility index (Phi) is 6.30. The number of nitrogens with one attached hydrogen (secondary N) is 1. The lowest BCUT2D eigenvalue weighted by molar-refractivity contribution is 0.256. The fourth-order valence-electron chi connectivity index (χ4n) is 2.45. The molecule has 0 radical (unpaired) electrons. The molecule has 1 aromatic rings. The molecule has 0 aliphatic carbocycles. The predicted molar refractivity (Wildman–Crippen MR) is 94.3 cm³/mol. The molecule has 0 spiro atoms. The quantitative estimate of drug-likeness (QED) is 0.730. The van der Waals surface area contributed by atoms with Gasteiger partial charge in [0.2, 0.25) is 10.0 Å². The van der Waals surface area contributed by atoms with Gasteiger partial charge in [-0.25, -0.2) is 8.42 Å². The smallest absolute Gasteiger partial charge is 0.245 e. The van der Waals surface area contributed by atoms with Crippen LogP contribution >= 0.6 is 43.2 Å². The lowest BCUT2D eigenvalue weighted by Gasteiger charge is -2.32. The summed E-state index contributed by atoms with van der Waals surface area (Å²) < 4.78 is 28.6. The first-order valence-corrected chi connectivity index (χ1v) is 10.8. The zero-order valence-electron chi connectivity index (χ0n) is 12.1. The van der Waals surface area contributed by atoms with E-state index < -0.39 is 10.0 Å². The second-order valence-corrected chi connectivity index (χ2v) is 11.3. The molecule has 1 aromatic heterocycles. The van der Waals surface area contributed by atoms with E-state index in [-0.39, 0.29) is 0 Å². The second-order valence-electron chi connectivity index (χ2n) is 5.62. The molecule has 1 fully saturated rings. The number of rotatable bonds is 5. The minimum Gasteiger partial charge on any atom is -0.314 e. The monoisotopic (exact) mass is 458 g/mol. The molecule has 0 amide bonds. The summed E-state index contributed by atoms with van der Waals surface area (Å²) in [5, 5.41) is 3.41. The van der Waals surface area contributed by atoms with Crippen molar-refractivity contribution in [3.05, 3.63) is 13.6 Å². The molecule has 120 valence electrons. The average molecular weight is 460 g/mol. The topological polar surface area (TPSA) is 49.4 Å². The Morgan fingerprint density at radius 2 is 2.19 bits per heavy atom. The van der Waals surface area contributed by atoms with Crippen LogP contribution in [-0.2, 0) is 10.0 Å². The van der Waals surface area contributed by atoms with Gasteiger partial charge in [0, 0.05) is 19.1 Å². The maximum atomic E-state index is 12.8. The van der Waals surface area contributed by atoms with E-state index in [9.17, 15) is 8.42 Å². The van der Waals surface area contributed by atoms with Gasteiger partial charge in [-0.3, -0.25) is 0 Å². The van der Waals surface area contributed by atoms with E-state index >= 15 is 0 Å². The Morgan fingerprint density at radius 1 is 1.48 bits per heavy atom. The van der Waals surface area contributed by atoms with Gasteiger partial charge in [0.05, 0.1) is 7.57 Å². The van der Waals surface area contributed by atoms with Crippen LogP contribution in [0.3, 0.4) is 0 Å². The van der Waals surface area contributed by atoms with Gasteiger partial charge in [0.25, 0.3) is 0 Å². The number of hydrogen-bond acceptors (Lipinski definition) is 4. The Balaban J connectivity index is 2.11. The van der Waals surface area contributed by atoms with Gasteiger partial charge in [0.15, 0.2) is 0 Å². The largest absolute Gasteiger partial charge is 0.314 e. The minimum absolute atomic E-state index is 0.372. The van der Waals surface area contributed by atoms with Crippen molar-refractivity contribution in [3.63, 3.8) is 0 Å². The average Bonchev–Trinajstić information content (AvgIpc) is 2.76. The molecule has 0 bridgehead atoms. The van der Waals surface area contributed by atoms with Crippen LogP contribution in [0.1, 0.15) is 26.7 Å². The molecule has 1 unspecified atom stereocenters. The first-order valence-electron chi connectivity index (χ1n) is 6.99. The van der Waals surface area contributed by atoms with E-state index in [1.54, 1.807) is 10.4 Å². The molecule has 1 N–H and O–H groups in total. The third-order valence-electron chi connectivity index (χ3n) is 3.54. The Bertz CT molecular complexity index is 587. The molecule has 1 saturated heterocycles. The summed E-state index contributed by atoms with van der Waals surface area (Å²) in [4.78, 5) is 0.372. The molecule has 0 aromatic carbocycles. The van der Waals surface area contributed by atoms with Crippen LogP contribution in [0.5, 0.6) is 0 Å².